The molecule has 1 aliphatic heterocycles. The lowest BCUT2D eigenvalue weighted by molar-refractivity contribution is 0.110. The number of hydrogen-bond acceptors (Lipinski definition) is 3. The van der Waals surface area contributed by atoms with Crippen molar-refractivity contribution in [3.8, 4) is 0 Å². The maximum Gasteiger partial charge on any atom is 0.146 e. The molecule has 0 aliphatic carbocycles. The van der Waals surface area contributed by atoms with E-state index in [1.807, 2.05) is 6.07 Å². The van der Waals surface area contributed by atoms with Crippen molar-refractivity contribution in [2.75, 3.05) is 18.9 Å². The number of nitrogens with two attached hydrogens (primary N) is 1. The van der Waals surface area contributed by atoms with Gasteiger partial charge in [-0.2, -0.15) is 0 Å². The Balaban J connectivity index is 1.78. The number of halogens is 1. The van der Waals surface area contributed by atoms with Crippen LogP contribution < -0.4 is 11.1 Å². The Morgan fingerprint density at radius 2 is 2.38 bits per heavy atom. The normalized spacial score (nSPS) is 20.2. The van der Waals surface area contributed by atoms with Crippen LogP contribution in [-0.4, -0.2) is 19.3 Å². The Morgan fingerprint density at radius 1 is 1.50 bits per heavy atom. The van der Waals surface area contributed by atoms with Gasteiger partial charge >= 0.3 is 0 Å². The summed E-state index contributed by atoms with van der Waals surface area (Å²) in [7, 11) is 0. The second-order valence-corrected chi connectivity index (χ2v) is 4.12. The van der Waals surface area contributed by atoms with E-state index in [0.717, 1.165) is 31.6 Å². The topological polar surface area (TPSA) is 47.3 Å². The lowest BCUT2D eigenvalue weighted by atomic mass is 10.2. The van der Waals surface area contributed by atoms with Crippen LogP contribution in [0.15, 0.2) is 18.2 Å². The highest BCUT2D eigenvalue weighted by atomic mass is 19.1. The lowest BCUT2D eigenvalue weighted by Gasteiger charge is -2.10. The molecule has 2 rings (SSSR count). The maximum atomic E-state index is 13.1. The molecule has 3 nitrogen and oxygen atoms in total. The third kappa shape index (κ3) is 2.93. The highest BCUT2D eigenvalue weighted by molar-refractivity contribution is 5.41. The quantitative estimate of drug-likeness (QED) is 0.765. The molecule has 1 saturated heterocycles. The molecule has 0 spiro atoms. The first-order chi connectivity index (χ1) is 7.75. The van der Waals surface area contributed by atoms with E-state index >= 15 is 0 Å². The molecule has 1 heterocycles. The largest absolute Gasteiger partial charge is 0.396 e. The second-order valence-electron chi connectivity index (χ2n) is 4.12. The zero-order valence-corrected chi connectivity index (χ0v) is 9.21. The van der Waals surface area contributed by atoms with E-state index in [1.165, 1.54) is 6.07 Å². The van der Waals surface area contributed by atoms with Gasteiger partial charge in [0.15, 0.2) is 0 Å². The molecule has 3 N–H and O–H groups in total. The molecular formula is C12H17FN2O. The minimum absolute atomic E-state index is 0.197. The molecule has 1 aromatic rings. The summed E-state index contributed by atoms with van der Waals surface area (Å²) in [5, 5.41) is 3.26. The SMILES string of the molecule is Nc1ccc(CNCC2CCCO2)cc1F. The molecule has 1 fully saturated rings. The molecule has 1 aromatic carbocycles. The highest BCUT2D eigenvalue weighted by Crippen LogP contribution is 2.13. The molecule has 1 unspecified atom stereocenters. The predicted octanol–water partition coefficient (Wildman–Crippen LogP) is 1.68. The number of rotatable bonds is 4. The maximum absolute atomic E-state index is 13.1. The summed E-state index contributed by atoms with van der Waals surface area (Å²) in [6.07, 6.45) is 2.57. The number of nitrogen functional groups attached to an aromatic ring is 1. The van der Waals surface area contributed by atoms with E-state index < -0.39 is 0 Å². The van der Waals surface area contributed by atoms with Crippen LogP contribution in [0.25, 0.3) is 0 Å². The highest BCUT2D eigenvalue weighted by Gasteiger charge is 2.14. The van der Waals surface area contributed by atoms with E-state index in [0.29, 0.717) is 12.6 Å². The van der Waals surface area contributed by atoms with Crippen LogP contribution in [0.4, 0.5) is 10.1 Å². The first-order valence-electron chi connectivity index (χ1n) is 5.62. The molecule has 0 aromatic heterocycles. The van der Waals surface area contributed by atoms with Gasteiger partial charge in [-0.15, -0.1) is 0 Å². The molecule has 0 amide bonds. The third-order valence-corrected chi connectivity index (χ3v) is 2.79. The number of hydrogen-bond donors (Lipinski definition) is 2. The van der Waals surface area contributed by atoms with Gasteiger partial charge in [0.25, 0.3) is 0 Å². The van der Waals surface area contributed by atoms with Gasteiger partial charge in [-0.3, -0.25) is 0 Å². The van der Waals surface area contributed by atoms with Gasteiger partial charge in [0, 0.05) is 19.7 Å². The lowest BCUT2D eigenvalue weighted by Crippen LogP contribution is -2.25. The number of anilines is 1. The molecule has 1 atom stereocenters. The first kappa shape index (κ1) is 11.4. The zero-order valence-electron chi connectivity index (χ0n) is 9.21. The summed E-state index contributed by atoms with van der Waals surface area (Å²) in [4.78, 5) is 0. The summed E-state index contributed by atoms with van der Waals surface area (Å²) in [6.45, 7) is 2.34. The summed E-state index contributed by atoms with van der Waals surface area (Å²) < 4.78 is 18.6. The molecule has 0 bridgehead atoms. The van der Waals surface area contributed by atoms with E-state index in [1.54, 1.807) is 6.07 Å². The predicted molar refractivity (Wildman–Crippen MR) is 61.5 cm³/mol. The Labute approximate surface area is 94.8 Å². The van der Waals surface area contributed by atoms with Gasteiger partial charge < -0.3 is 15.8 Å². The van der Waals surface area contributed by atoms with Crippen molar-refractivity contribution in [2.24, 2.45) is 0 Å². The fourth-order valence-electron chi connectivity index (χ4n) is 1.86. The van der Waals surface area contributed by atoms with Crippen molar-refractivity contribution in [2.45, 2.75) is 25.5 Å². The van der Waals surface area contributed by atoms with E-state index in [-0.39, 0.29) is 11.5 Å². The van der Waals surface area contributed by atoms with Crippen molar-refractivity contribution in [3.05, 3.63) is 29.6 Å². The fourth-order valence-corrected chi connectivity index (χ4v) is 1.86. The standard InChI is InChI=1S/C12H17FN2O/c13-11-6-9(3-4-12(11)14)7-15-8-10-2-1-5-16-10/h3-4,6,10,15H,1-2,5,7-8,14H2. The molecule has 16 heavy (non-hydrogen) atoms. The van der Waals surface area contributed by atoms with E-state index in [4.69, 9.17) is 10.5 Å². The van der Waals surface area contributed by atoms with Gasteiger partial charge in [0.05, 0.1) is 11.8 Å². The van der Waals surface area contributed by atoms with Crippen LogP contribution >= 0.6 is 0 Å². The first-order valence-corrected chi connectivity index (χ1v) is 5.62. The molecule has 88 valence electrons. The minimum atomic E-state index is -0.351. The molecule has 0 saturated carbocycles. The summed E-state index contributed by atoms with van der Waals surface area (Å²) in [6, 6.07) is 4.90. The minimum Gasteiger partial charge on any atom is -0.396 e. The molecule has 1 aliphatic rings. The second kappa shape index (κ2) is 5.27. The van der Waals surface area contributed by atoms with E-state index in [9.17, 15) is 4.39 Å². The van der Waals surface area contributed by atoms with Gasteiger partial charge in [0.2, 0.25) is 0 Å². The number of nitrogens with one attached hydrogen (secondary N) is 1. The van der Waals surface area contributed by atoms with Crippen LogP contribution in [0.5, 0.6) is 0 Å². The Morgan fingerprint density at radius 3 is 3.06 bits per heavy atom. The molecular weight excluding hydrogens is 207 g/mol. The smallest absolute Gasteiger partial charge is 0.146 e. The van der Waals surface area contributed by atoms with Crippen LogP contribution in [-0.2, 0) is 11.3 Å². The van der Waals surface area contributed by atoms with Crippen molar-refractivity contribution in [3.63, 3.8) is 0 Å². The summed E-state index contributed by atoms with van der Waals surface area (Å²) in [5.41, 5.74) is 6.51. The van der Waals surface area contributed by atoms with Crippen molar-refractivity contribution in [1.29, 1.82) is 0 Å². The number of benzene rings is 1. The van der Waals surface area contributed by atoms with Crippen LogP contribution in [0, 0.1) is 5.82 Å². The Bertz CT molecular complexity index is 351. The van der Waals surface area contributed by atoms with Crippen molar-refractivity contribution < 1.29 is 9.13 Å². The Hall–Kier alpha value is -1.13. The van der Waals surface area contributed by atoms with E-state index in [2.05, 4.69) is 5.32 Å². The number of ether oxygens (including phenoxy) is 1. The van der Waals surface area contributed by atoms with Gasteiger partial charge in [-0.05, 0) is 30.5 Å². The van der Waals surface area contributed by atoms with Gasteiger partial charge in [-0.1, -0.05) is 6.07 Å². The monoisotopic (exact) mass is 224 g/mol. The fraction of sp³-hybridized carbons (Fsp3) is 0.500. The summed E-state index contributed by atoms with van der Waals surface area (Å²) >= 11 is 0. The average molecular weight is 224 g/mol. The molecule has 0 radical (unpaired) electrons. The van der Waals surface area contributed by atoms with Crippen LogP contribution in [0.1, 0.15) is 18.4 Å². The van der Waals surface area contributed by atoms with Gasteiger partial charge in [0.1, 0.15) is 5.82 Å². The molecule has 4 heteroatoms. The van der Waals surface area contributed by atoms with Crippen molar-refractivity contribution in [1.82, 2.24) is 5.32 Å². The zero-order chi connectivity index (χ0) is 11.4. The third-order valence-electron chi connectivity index (χ3n) is 2.79. The van der Waals surface area contributed by atoms with Crippen LogP contribution in [0.3, 0.4) is 0 Å². The average Bonchev–Trinajstić information content (AvgIpc) is 2.76. The Kier molecular flexibility index (Phi) is 3.74. The van der Waals surface area contributed by atoms with Gasteiger partial charge in [-0.25, -0.2) is 4.39 Å². The van der Waals surface area contributed by atoms with Crippen molar-refractivity contribution >= 4 is 5.69 Å². The summed E-state index contributed by atoms with van der Waals surface area (Å²) in [5.74, 6) is -0.351. The van der Waals surface area contributed by atoms with Crippen LogP contribution in [0.2, 0.25) is 0 Å².